The van der Waals surface area contributed by atoms with E-state index in [4.69, 9.17) is 14.5 Å². The van der Waals surface area contributed by atoms with E-state index in [9.17, 15) is 4.79 Å². The van der Waals surface area contributed by atoms with Gasteiger partial charge in [-0.1, -0.05) is 6.07 Å². The molecule has 1 aliphatic rings. The minimum Gasteiger partial charge on any atom is -0.465 e. The highest BCUT2D eigenvalue weighted by atomic mass is 16.5. The molecule has 0 bridgehead atoms. The molecule has 9 nitrogen and oxygen atoms in total. The lowest BCUT2D eigenvalue weighted by molar-refractivity contribution is 0.0602. The maximum Gasteiger partial charge on any atom is 0.342 e. The summed E-state index contributed by atoms with van der Waals surface area (Å²) in [7, 11) is 7.47. The fourth-order valence-electron chi connectivity index (χ4n) is 4.83. The summed E-state index contributed by atoms with van der Waals surface area (Å²) in [5, 5.41) is 0. The maximum atomic E-state index is 12.8. The first kappa shape index (κ1) is 23.3. The van der Waals surface area contributed by atoms with Crippen LogP contribution in [0.3, 0.4) is 0 Å². The Bertz CT molecular complexity index is 1350. The van der Waals surface area contributed by atoms with E-state index < -0.39 is 0 Å². The number of benzene rings is 2. The number of H-pyrrole nitrogens is 1. The smallest absolute Gasteiger partial charge is 0.342 e. The van der Waals surface area contributed by atoms with E-state index in [-0.39, 0.29) is 5.97 Å². The van der Waals surface area contributed by atoms with Gasteiger partial charge in [0.1, 0.15) is 5.56 Å². The van der Waals surface area contributed by atoms with Crippen LogP contribution < -0.4 is 4.90 Å². The number of imidazole rings is 2. The van der Waals surface area contributed by atoms with E-state index in [0.29, 0.717) is 17.1 Å². The van der Waals surface area contributed by atoms with Crippen LogP contribution in [0.4, 0.5) is 5.69 Å². The first-order valence-electron chi connectivity index (χ1n) is 12.0. The quantitative estimate of drug-likeness (QED) is 0.407. The summed E-state index contributed by atoms with van der Waals surface area (Å²) in [4.78, 5) is 29.5. The number of hydrogen-bond acceptors (Lipinski definition) is 7. The van der Waals surface area contributed by atoms with Gasteiger partial charge in [0.15, 0.2) is 0 Å². The molecule has 1 fully saturated rings. The van der Waals surface area contributed by atoms with Crippen LogP contribution in [-0.2, 0) is 9.47 Å². The van der Waals surface area contributed by atoms with Crippen molar-refractivity contribution in [2.45, 2.75) is 18.9 Å². The van der Waals surface area contributed by atoms with Gasteiger partial charge in [-0.05, 0) is 50.7 Å². The van der Waals surface area contributed by atoms with Gasteiger partial charge in [0, 0.05) is 32.3 Å². The molecule has 5 rings (SSSR count). The zero-order valence-corrected chi connectivity index (χ0v) is 20.7. The van der Waals surface area contributed by atoms with Gasteiger partial charge < -0.3 is 28.8 Å². The normalized spacial score (nSPS) is 16.3. The van der Waals surface area contributed by atoms with E-state index in [2.05, 4.69) is 42.5 Å². The van der Waals surface area contributed by atoms with Crippen molar-refractivity contribution in [2.24, 2.45) is 0 Å². The molecular weight excluding hydrogens is 444 g/mol. The predicted molar refractivity (Wildman–Crippen MR) is 137 cm³/mol. The third-order valence-corrected chi connectivity index (χ3v) is 6.78. The van der Waals surface area contributed by atoms with Gasteiger partial charge in [-0.2, -0.15) is 0 Å². The number of hydrogen-bond donors (Lipinski definition) is 1. The lowest BCUT2D eigenvalue weighted by Crippen LogP contribution is -2.29. The Hall–Kier alpha value is -3.43. The third-order valence-electron chi connectivity index (χ3n) is 6.78. The van der Waals surface area contributed by atoms with E-state index >= 15 is 0 Å². The second-order valence-corrected chi connectivity index (χ2v) is 9.39. The highest BCUT2D eigenvalue weighted by molar-refractivity contribution is 6.11. The summed E-state index contributed by atoms with van der Waals surface area (Å²) < 4.78 is 13.1. The Morgan fingerprint density at radius 1 is 1.23 bits per heavy atom. The standard InChI is InChI=1S/C26H32N6O3/c1-30(2)9-10-31(3)22-13-19(24-25(28-15-27-24)23(22)26(33)34-4)17-7-8-21-20(12-17)29-16-32(21)18-6-5-11-35-14-18/h7-8,12-13,15-16,18H,5-6,9-11,14H2,1-4H3,(H,27,28). The molecule has 0 amide bonds. The molecule has 184 valence electrons. The number of rotatable bonds is 7. The number of nitrogens with one attached hydrogen (secondary N) is 1. The molecule has 0 aliphatic carbocycles. The molecule has 9 heteroatoms. The average Bonchev–Trinajstić information content (AvgIpc) is 3.53. The second-order valence-electron chi connectivity index (χ2n) is 9.39. The Labute approximate surface area is 204 Å². The molecule has 3 heterocycles. The van der Waals surface area contributed by atoms with Crippen molar-refractivity contribution < 1.29 is 14.3 Å². The molecule has 0 saturated carbocycles. The molecule has 0 spiro atoms. The number of methoxy groups -OCH3 is 1. The SMILES string of the molecule is COC(=O)c1c(N(C)CCN(C)C)cc(-c2ccc3c(c2)ncn3C2CCCOC2)c2nc[nH]c12. The number of fused-ring (bicyclic) bond motifs is 2. The largest absolute Gasteiger partial charge is 0.465 e. The van der Waals surface area contributed by atoms with E-state index in [1.807, 2.05) is 33.5 Å². The third kappa shape index (κ3) is 4.37. The molecule has 1 unspecified atom stereocenters. The summed E-state index contributed by atoms with van der Waals surface area (Å²) in [6.07, 6.45) is 5.70. The minimum atomic E-state index is -0.388. The zero-order valence-electron chi connectivity index (χ0n) is 20.7. The molecule has 4 aromatic rings. The number of aromatic nitrogens is 4. The average molecular weight is 477 g/mol. The van der Waals surface area contributed by atoms with Crippen molar-refractivity contribution >= 4 is 33.7 Å². The molecule has 2 aromatic heterocycles. The topological polar surface area (TPSA) is 88.5 Å². The summed E-state index contributed by atoms with van der Waals surface area (Å²) in [5.41, 5.74) is 6.66. The second kappa shape index (κ2) is 9.67. The van der Waals surface area contributed by atoms with Crippen LogP contribution in [0.5, 0.6) is 0 Å². The fraction of sp³-hybridized carbons (Fsp3) is 0.423. The van der Waals surface area contributed by atoms with Crippen LogP contribution in [-0.4, -0.2) is 84.9 Å². The number of likely N-dealkylation sites (N-methyl/N-ethyl adjacent to an activating group) is 2. The predicted octanol–water partition coefficient (Wildman–Crippen LogP) is 3.72. The molecule has 1 aliphatic heterocycles. The number of anilines is 1. The van der Waals surface area contributed by atoms with Crippen molar-refractivity contribution in [3.8, 4) is 11.1 Å². The molecule has 35 heavy (non-hydrogen) atoms. The first-order chi connectivity index (χ1) is 17.0. The highest BCUT2D eigenvalue weighted by Gasteiger charge is 2.24. The van der Waals surface area contributed by atoms with Crippen molar-refractivity contribution in [1.82, 2.24) is 24.4 Å². The summed E-state index contributed by atoms with van der Waals surface area (Å²) in [6.45, 7) is 3.16. The van der Waals surface area contributed by atoms with Crippen LogP contribution in [0.2, 0.25) is 0 Å². The maximum absolute atomic E-state index is 12.8. The fourth-order valence-corrected chi connectivity index (χ4v) is 4.83. The summed E-state index contributed by atoms with van der Waals surface area (Å²) >= 11 is 0. The zero-order chi connectivity index (χ0) is 24.5. The molecular formula is C26H32N6O3. The first-order valence-corrected chi connectivity index (χ1v) is 12.0. The number of nitrogens with zero attached hydrogens (tertiary/aromatic N) is 5. The van der Waals surface area contributed by atoms with Gasteiger partial charge >= 0.3 is 5.97 Å². The van der Waals surface area contributed by atoms with E-state index in [1.165, 1.54) is 7.11 Å². The van der Waals surface area contributed by atoms with E-state index in [1.54, 1.807) is 6.33 Å². The number of esters is 1. The Balaban J connectivity index is 1.62. The molecule has 2 aromatic carbocycles. The molecule has 0 radical (unpaired) electrons. The van der Waals surface area contributed by atoms with Crippen LogP contribution >= 0.6 is 0 Å². The lowest BCUT2D eigenvalue weighted by atomic mass is 9.98. The Kier molecular flexibility index (Phi) is 6.44. The van der Waals surface area contributed by atoms with E-state index in [0.717, 1.165) is 72.5 Å². The van der Waals surface area contributed by atoms with Gasteiger partial charge in [-0.25, -0.2) is 14.8 Å². The number of carbonyl (C=O) groups is 1. The van der Waals surface area contributed by atoms with Crippen molar-refractivity contribution in [3.63, 3.8) is 0 Å². The highest BCUT2D eigenvalue weighted by Crippen LogP contribution is 2.37. The Morgan fingerprint density at radius 3 is 2.83 bits per heavy atom. The summed E-state index contributed by atoms with van der Waals surface area (Å²) in [5.74, 6) is -0.388. The van der Waals surface area contributed by atoms with Gasteiger partial charge in [0.05, 0.1) is 60.2 Å². The molecule has 1 atom stereocenters. The van der Waals surface area contributed by atoms with Crippen molar-refractivity contribution in [1.29, 1.82) is 0 Å². The van der Waals surface area contributed by atoms with Crippen LogP contribution in [0, 0.1) is 0 Å². The summed E-state index contributed by atoms with van der Waals surface area (Å²) in [6, 6.07) is 8.68. The van der Waals surface area contributed by atoms with Crippen molar-refractivity contribution in [3.05, 3.63) is 42.5 Å². The lowest BCUT2D eigenvalue weighted by Gasteiger charge is -2.25. The van der Waals surface area contributed by atoms with Gasteiger partial charge in [0.2, 0.25) is 0 Å². The van der Waals surface area contributed by atoms with Crippen molar-refractivity contribution in [2.75, 3.05) is 59.5 Å². The van der Waals surface area contributed by atoms with Gasteiger partial charge in [-0.15, -0.1) is 0 Å². The molecule has 1 N–H and O–H groups in total. The van der Waals surface area contributed by atoms with Crippen LogP contribution in [0.1, 0.15) is 29.2 Å². The minimum absolute atomic E-state index is 0.314. The Morgan fingerprint density at radius 2 is 2.09 bits per heavy atom. The monoisotopic (exact) mass is 476 g/mol. The van der Waals surface area contributed by atoms with Gasteiger partial charge in [0.25, 0.3) is 0 Å². The molecule has 1 saturated heterocycles. The van der Waals surface area contributed by atoms with Gasteiger partial charge in [-0.3, -0.25) is 0 Å². The number of aromatic amines is 1. The van der Waals surface area contributed by atoms with Crippen LogP contribution in [0.25, 0.3) is 33.2 Å². The number of carbonyl (C=O) groups excluding carboxylic acids is 1. The van der Waals surface area contributed by atoms with Crippen LogP contribution in [0.15, 0.2) is 36.9 Å². The number of ether oxygens (including phenoxy) is 2.